The van der Waals surface area contributed by atoms with Crippen LogP contribution in [0, 0.1) is 13.8 Å². The van der Waals surface area contributed by atoms with E-state index in [0.717, 1.165) is 6.42 Å². The molecule has 1 heterocycles. The molecule has 0 aliphatic carbocycles. The van der Waals surface area contributed by atoms with Gasteiger partial charge >= 0.3 is 0 Å². The highest BCUT2D eigenvalue weighted by atomic mass is 15.4. The normalized spacial score (nSPS) is 18.9. The van der Waals surface area contributed by atoms with Crippen LogP contribution in [0.25, 0.3) is 0 Å². The summed E-state index contributed by atoms with van der Waals surface area (Å²) in [5.41, 5.74) is 7.67. The maximum Gasteiger partial charge on any atom is 0.107 e. The first kappa shape index (κ1) is 18.1. The van der Waals surface area contributed by atoms with Crippen LogP contribution in [0.15, 0.2) is 66.2 Å². The maximum absolute atomic E-state index is 3.98. The van der Waals surface area contributed by atoms with E-state index in [9.17, 15) is 0 Å². The summed E-state index contributed by atoms with van der Waals surface area (Å²) in [7, 11) is 0. The van der Waals surface area contributed by atoms with Crippen molar-refractivity contribution in [3.63, 3.8) is 0 Å². The molecule has 1 unspecified atom stereocenters. The van der Waals surface area contributed by atoms with Crippen molar-refractivity contribution >= 4 is 5.69 Å². The second kappa shape index (κ2) is 7.57. The third-order valence-electron chi connectivity index (χ3n) is 4.71. The molecule has 0 radical (unpaired) electrons. The number of hydrogen-bond acceptors (Lipinski definition) is 2. The fourth-order valence-corrected chi connectivity index (χ4v) is 3.48. The summed E-state index contributed by atoms with van der Waals surface area (Å²) in [5, 5.41) is 0. The smallest absolute Gasteiger partial charge is 0.107 e. The van der Waals surface area contributed by atoms with E-state index in [2.05, 4.69) is 94.6 Å². The predicted octanol–water partition coefficient (Wildman–Crippen LogP) is 6.06. The number of hydrogen-bond donors (Lipinski definition) is 0. The van der Waals surface area contributed by atoms with E-state index < -0.39 is 0 Å². The largest absolute Gasteiger partial charge is 0.325 e. The van der Waals surface area contributed by atoms with Gasteiger partial charge in [0.25, 0.3) is 0 Å². The van der Waals surface area contributed by atoms with Crippen LogP contribution in [0.2, 0.25) is 0 Å². The zero-order valence-electron chi connectivity index (χ0n) is 15.9. The SMILES string of the molecule is C=C/C(C)=C(\C(C)=C/CC)N1C=CN(c2c(C)cccc2C)C1C. The summed E-state index contributed by atoms with van der Waals surface area (Å²) in [6.45, 7) is 17.1. The first-order chi connectivity index (χ1) is 11.4. The Bertz CT molecular complexity index is 686. The quantitative estimate of drug-likeness (QED) is 0.608. The molecule has 2 rings (SSSR count). The average Bonchev–Trinajstić information content (AvgIpc) is 2.89. The summed E-state index contributed by atoms with van der Waals surface area (Å²) in [6, 6.07) is 6.48. The molecule has 24 heavy (non-hydrogen) atoms. The van der Waals surface area contributed by atoms with Gasteiger partial charge in [0.2, 0.25) is 0 Å². The molecule has 1 aromatic carbocycles. The van der Waals surface area contributed by atoms with Gasteiger partial charge in [-0.3, -0.25) is 0 Å². The van der Waals surface area contributed by atoms with Crippen molar-refractivity contribution < 1.29 is 0 Å². The molecule has 0 saturated carbocycles. The fourth-order valence-electron chi connectivity index (χ4n) is 3.48. The lowest BCUT2D eigenvalue weighted by molar-refractivity contribution is 0.394. The summed E-state index contributed by atoms with van der Waals surface area (Å²) in [4.78, 5) is 4.71. The monoisotopic (exact) mass is 322 g/mol. The minimum atomic E-state index is 0.231. The molecular formula is C22H30N2. The van der Waals surface area contributed by atoms with Crippen LogP contribution in [0.5, 0.6) is 0 Å². The summed E-state index contributed by atoms with van der Waals surface area (Å²) in [6.07, 6.45) is 9.87. The van der Waals surface area contributed by atoms with Gasteiger partial charge in [-0.2, -0.15) is 0 Å². The second-order valence-electron chi connectivity index (χ2n) is 6.52. The number of allylic oxidation sites excluding steroid dienone is 4. The van der Waals surface area contributed by atoms with Gasteiger partial charge in [0.15, 0.2) is 0 Å². The number of rotatable bonds is 5. The Balaban J connectivity index is 2.44. The Morgan fingerprint density at radius 2 is 1.79 bits per heavy atom. The molecule has 0 bridgehead atoms. The van der Waals surface area contributed by atoms with E-state index in [1.54, 1.807) is 0 Å². The van der Waals surface area contributed by atoms with Crippen LogP contribution in [0.1, 0.15) is 45.2 Å². The fraction of sp³-hybridized carbons (Fsp3) is 0.364. The van der Waals surface area contributed by atoms with Gasteiger partial charge in [0.05, 0.1) is 0 Å². The van der Waals surface area contributed by atoms with Crippen LogP contribution < -0.4 is 4.90 Å². The Morgan fingerprint density at radius 3 is 2.33 bits per heavy atom. The average molecular weight is 322 g/mol. The van der Waals surface area contributed by atoms with Crippen molar-refractivity contribution in [2.45, 2.75) is 54.1 Å². The topological polar surface area (TPSA) is 6.48 Å². The first-order valence-electron chi connectivity index (χ1n) is 8.74. The third kappa shape index (κ3) is 3.33. The first-order valence-corrected chi connectivity index (χ1v) is 8.74. The number of aryl methyl sites for hydroxylation is 2. The molecule has 128 valence electrons. The molecule has 0 saturated heterocycles. The summed E-state index contributed by atoms with van der Waals surface area (Å²) < 4.78 is 0. The van der Waals surface area contributed by atoms with Crippen LogP contribution >= 0.6 is 0 Å². The number of anilines is 1. The molecule has 2 heteroatoms. The minimum absolute atomic E-state index is 0.231. The number of nitrogens with zero attached hydrogens (tertiary/aromatic N) is 2. The van der Waals surface area contributed by atoms with Crippen LogP contribution in [-0.2, 0) is 0 Å². The van der Waals surface area contributed by atoms with Gasteiger partial charge < -0.3 is 9.80 Å². The predicted molar refractivity (Wildman–Crippen MR) is 106 cm³/mol. The minimum Gasteiger partial charge on any atom is -0.325 e. The second-order valence-corrected chi connectivity index (χ2v) is 6.52. The lowest BCUT2D eigenvalue weighted by Crippen LogP contribution is -2.36. The van der Waals surface area contributed by atoms with E-state index in [4.69, 9.17) is 0 Å². The highest BCUT2D eigenvalue weighted by molar-refractivity contribution is 5.62. The zero-order chi connectivity index (χ0) is 17.9. The van der Waals surface area contributed by atoms with Crippen molar-refractivity contribution in [1.82, 2.24) is 4.90 Å². The highest BCUT2D eigenvalue weighted by Crippen LogP contribution is 2.34. The summed E-state index contributed by atoms with van der Waals surface area (Å²) >= 11 is 0. The van der Waals surface area contributed by atoms with Crippen molar-refractivity contribution in [2.24, 2.45) is 0 Å². The van der Waals surface area contributed by atoms with Crippen molar-refractivity contribution in [3.8, 4) is 0 Å². The van der Waals surface area contributed by atoms with Crippen LogP contribution in [0.3, 0.4) is 0 Å². The van der Waals surface area contributed by atoms with Crippen molar-refractivity contribution in [2.75, 3.05) is 4.90 Å². The molecular weight excluding hydrogens is 292 g/mol. The van der Waals surface area contributed by atoms with Gasteiger partial charge in [-0.15, -0.1) is 0 Å². The van der Waals surface area contributed by atoms with Gasteiger partial charge in [0, 0.05) is 23.8 Å². The standard InChI is InChI=1S/C22H30N2/c1-8-11-17(4)21(16(3)9-2)23-14-15-24(20(23)7)22-18(5)12-10-13-19(22)6/h9-15,20H,2,8H2,1,3-7H3/b17-11-,21-16+. The Kier molecular flexibility index (Phi) is 5.71. The molecule has 2 nitrogen and oxygen atoms in total. The lowest BCUT2D eigenvalue weighted by Gasteiger charge is -2.34. The third-order valence-corrected chi connectivity index (χ3v) is 4.71. The van der Waals surface area contributed by atoms with Gasteiger partial charge in [-0.1, -0.05) is 43.9 Å². The van der Waals surface area contributed by atoms with Gasteiger partial charge in [0.1, 0.15) is 6.17 Å². The lowest BCUT2D eigenvalue weighted by atomic mass is 10.1. The van der Waals surface area contributed by atoms with Crippen LogP contribution in [0.4, 0.5) is 5.69 Å². The Labute approximate surface area is 147 Å². The molecule has 0 N–H and O–H groups in total. The highest BCUT2D eigenvalue weighted by Gasteiger charge is 2.28. The van der Waals surface area contributed by atoms with Gasteiger partial charge in [-0.05, 0) is 63.3 Å². The Hall–Kier alpha value is -2.22. The van der Waals surface area contributed by atoms with Crippen molar-refractivity contribution in [3.05, 3.63) is 77.3 Å². The molecule has 0 spiro atoms. The maximum atomic E-state index is 3.98. The van der Waals surface area contributed by atoms with E-state index in [-0.39, 0.29) is 6.17 Å². The van der Waals surface area contributed by atoms with Crippen molar-refractivity contribution in [1.29, 1.82) is 0 Å². The molecule has 1 atom stereocenters. The van der Waals surface area contributed by atoms with E-state index >= 15 is 0 Å². The molecule has 1 aliphatic rings. The molecule has 0 amide bonds. The van der Waals surface area contributed by atoms with Gasteiger partial charge in [-0.25, -0.2) is 0 Å². The number of benzene rings is 1. The zero-order valence-corrected chi connectivity index (χ0v) is 15.9. The Morgan fingerprint density at radius 1 is 1.17 bits per heavy atom. The van der Waals surface area contributed by atoms with E-state index in [1.165, 1.54) is 33.7 Å². The van der Waals surface area contributed by atoms with Crippen LogP contribution in [-0.4, -0.2) is 11.1 Å². The summed E-state index contributed by atoms with van der Waals surface area (Å²) in [5.74, 6) is 0. The molecule has 1 aliphatic heterocycles. The van der Waals surface area contributed by atoms with E-state index in [1.807, 2.05) is 6.08 Å². The molecule has 0 aromatic heterocycles. The van der Waals surface area contributed by atoms with E-state index in [0.29, 0.717) is 0 Å². The number of para-hydroxylation sites is 1. The molecule has 0 fully saturated rings. The molecule has 1 aromatic rings.